The third kappa shape index (κ3) is 4.32. The predicted octanol–water partition coefficient (Wildman–Crippen LogP) is 3.38. The van der Waals surface area contributed by atoms with Gasteiger partial charge >= 0.3 is 5.97 Å². The standard InChI is InChI=1S/C22H22ClN3O4/c1-30-20-11-15(23)3-6-17(20)19-8-4-16(5-9-21(27)28)26(19)18-7-2-13(22(25)29)10-14(18)12-24/h2-4,6-8,10-11H,5,9,12,24H2,1H3,(H2,25,29)(H,27,28). The average molecular weight is 428 g/mol. The molecule has 8 heteroatoms. The largest absolute Gasteiger partial charge is 0.496 e. The molecule has 0 radical (unpaired) electrons. The first-order valence-electron chi connectivity index (χ1n) is 9.25. The zero-order valence-electron chi connectivity index (χ0n) is 16.4. The van der Waals surface area contributed by atoms with Crippen molar-refractivity contribution in [2.75, 3.05) is 7.11 Å². The third-order valence-corrected chi connectivity index (χ3v) is 5.06. The molecule has 0 atom stereocenters. The van der Waals surface area contributed by atoms with E-state index in [9.17, 15) is 9.59 Å². The van der Waals surface area contributed by atoms with Crippen LogP contribution in [-0.4, -0.2) is 28.7 Å². The van der Waals surface area contributed by atoms with Crippen molar-refractivity contribution in [1.29, 1.82) is 0 Å². The predicted molar refractivity (Wildman–Crippen MR) is 115 cm³/mol. The van der Waals surface area contributed by atoms with Crippen LogP contribution >= 0.6 is 11.6 Å². The number of carboxylic acids is 1. The second kappa shape index (κ2) is 9.02. The van der Waals surface area contributed by atoms with Crippen LogP contribution in [0.15, 0.2) is 48.5 Å². The van der Waals surface area contributed by atoms with Gasteiger partial charge in [0.25, 0.3) is 0 Å². The lowest BCUT2D eigenvalue weighted by Crippen LogP contribution is -2.14. The molecule has 0 bridgehead atoms. The van der Waals surface area contributed by atoms with Gasteiger partial charge in [0.15, 0.2) is 0 Å². The Kier molecular flexibility index (Phi) is 6.44. The Morgan fingerprint density at radius 2 is 1.90 bits per heavy atom. The minimum Gasteiger partial charge on any atom is -0.496 e. The van der Waals surface area contributed by atoms with E-state index >= 15 is 0 Å². The van der Waals surface area contributed by atoms with Gasteiger partial charge in [-0.25, -0.2) is 0 Å². The number of carboxylic acid groups (broad SMARTS) is 1. The summed E-state index contributed by atoms with van der Waals surface area (Å²) in [6.45, 7) is 0.171. The number of benzene rings is 2. The Morgan fingerprint density at radius 1 is 1.13 bits per heavy atom. The molecular formula is C22H22ClN3O4. The number of hydrogen-bond acceptors (Lipinski definition) is 4. The van der Waals surface area contributed by atoms with Crippen LogP contribution in [0.5, 0.6) is 5.75 Å². The van der Waals surface area contributed by atoms with E-state index in [4.69, 9.17) is 32.9 Å². The summed E-state index contributed by atoms with van der Waals surface area (Å²) in [6, 6.07) is 14.1. The zero-order valence-corrected chi connectivity index (χ0v) is 17.1. The van der Waals surface area contributed by atoms with Gasteiger partial charge in [-0.1, -0.05) is 11.6 Å². The number of methoxy groups -OCH3 is 1. The van der Waals surface area contributed by atoms with Gasteiger partial charge in [0.05, 0.1) is 24.9 Å². The summed E-state index contributed by atoms with van der Waals surface area (Å²) in [5.74, 6) is -0.861. The highest BCUT2D eigenvalue weighted by molar-refractivity contribution is 6.30. The molecule has 0 saturated carbocycles. The number of aliphatic carboxylic acids is 1. The quantitative estimate of drug-likeness (QED) is 0.508. The number of amides is 1. The Hall–Kier alpha value is -3.29. The molecule has 1 aromatic heterocycles. The summed E-state index contributed by atoms with van der Waals surface area (Å²) in [5.41, 5.74) is 15.5. The number of aryl methyl sites for hydroxylation is 1. The van der Waals surface area contributed by atoms with Crippen molar-refractivity contribution in [2.24, 2.45) is 11.5 Å². The van der Waals surface area contributed by atoms with Crippen molar-refractivity contribution in [3.63, 3.8) is 0 Å². The number of ether oxygens (including phenoxy) is 1. The smallest absolute Gasteiger partial charge is 0.303 e. The molecule has 1 amide bonds. The maximum atomic E-state index is 11.6. The fourth-order valence-corrected chi connectivity index (χ4v) is 3.56. The number of halogens is 1. The van der Waals surface area contributed by atoms with Crippen LogP contribution in [0.2, 0.25) is 5.02 Å². The molecule has 0 saturated heterocycles. The van der Waals surface area contributed by atoms with Crippen molar-refractivity contribution in [1.82, 2.24) is 4.57 Å². The van der Waals surface area contributed by atoms with E-state index in [0.29, 0.717) is 28.3 Å². The summed E-state index contributed by atoms with van der Waals surface area (Å²) in [7, 11) is 1.56. The van der Waals surface area contributed by atoms with E-state index in [1.807, 2.05) is 22.8 Å². The van der Waals surface area contributed by atoms with Crippen LogP contribution in [0.1, 0.15) is 28.0 Å². The first kappa shape index (κ1) is 21.4. The number of hydrogen-bond donors (Lipinski definition) is 3. The number of nitrogens with two attached hydrogens (primary N) is 2. The summed E-state index contributed by atoms with van der Waals surface area (Å²) in [5, 5.41) is 9.69. The molecule has 0 spiro atoms. The third-order valence-electron chi connectivity index (χ3n) is 4.82. The van der Waals surface area contributed by atoms with Crippen molar-refractivity contribution in [2.45, 2.75) is 19.4 Å². The Balaban J connectivity index is 2.25. The molecule has 3 aromatic rings. The van der Waals surface area contributed by atoms with Gasteiger partial charge in [-0.2, -0.15) is 0 Å². The SMILES string of the molecule is COc1cc(Cl)ccc1-c1ccc(CCC(=O)O)n1-c1ccc(C(N)=O)cc1CN. The van der Waals surface area contributed by atoms with E-state index in [-0.39, 0.29) is 13.0 Å². The van der Waals surface area contributed by atoms with Gasteiger partial charge in [-0.05, 0) is 60.5 Å². The zero-order chi connectivity index (χ0) is 21.8. The maximum Gasteiger partial charge on any atom is 0.303 e. The first-order chi connectivity index (χ1) is 14.3. The number of nitrogens with zero attached hydrogens (tertiary/aromatic N) is 1. The summed E-state index contributed by atoms with van der Waals surface area (Å²) < 4.78 is 7.44. The fraction of sp³-hybridized carbons (Fsp3) is 0.182. The lowest BCUT2D eigenvalue weighted by molar-refractivity contribution is -0.136. The molecule has 0 aliphatic carbocycles. The normalized spacial score (nSPS) is 10.8. The molecule has 0 fully saturated rings. The lowest BCUT2D eigenvalue weighted by atomic mass is 10.1. The maximum absolute atomic E-state index is 11.6. The number of aromatic nitrogens is 1. The highest BCUT2D eigenvalue weighted by atomic mass is 35.5. The van der Waals surface area contributed by atoms with Crippen LogP contribution in [-0.2, 0) is 17.8 Å². The summed E-state index contributed by atoms with van der Waals surface area (Å²) in [4.78, 5) is 22.8. The molecule has 3 rings (SSSR count). The van der Waals surface area contributed by atoms with E-state index in [0.717, 1.165) is 22.6 Å². The monoisotopic (exact) mass is 427 g/mol. The molecule has 0 unspecified atom stereocenters. The highest BCUT2D eigenvalue weighted by Crippen LogP contribution is 2.36. The summed E-state index contributed by atoms with van der Waals surface area (Å²) >= 11 is 6.11. The van der Waals surface area contributed by atoms with Gasteiger partial charge in [0.2, 0.25) is 5.91 Å². The topological polar surface area (TPSA) is 121 Å². The highest BCUT2D eigenvalue weighted by Gasteiger charge is 2.19. The van der Waals surface area contributed by atoms with Gasteiger partial charge < -0.3 is 25.9 Å². The van der Waals surface area contributed by atoms with Crippen LogP contribution in [0, 0.1) is 0 Å². The van der Waals surface area contributed by atoms with E-state index in [2.05, 4.69) is 0 Å². The molecular weight excluding hydrogens is 406 g/mol. The second-order valence-electron chi connectivity index (χ2n) is 6.70. The van der Waals surface area contributed by atoms with E-state index in [1.165, 1.54) is 0 Å². The van der Waals surface area contributed by atoms with Crippen molar-refractivity contribution >= 4 is 23.5 Å². The van der Waals surface area contributed by atoms with Crippen LogP contribution in [0.25, 0.3) is 16.9 Å². The lowest BCUT2D eigenvalue weighted by Gasteiger charge is -2.19. The van der Waals surface area contributed by atoms with E-state index in [1.54, 1.807) is 37.4 Å². The number of carbonyl (C=O) groups is 2. The van der Waals surface area contributed by atoms with Crippen LogP contribution in [0.3, 0.4) is 0 Å². The summed E-state index contributed by atoms with van der Waals surface area (Å²) in [6.07, 6.45) is 0.283. The first-order valence-corrected chi connectivity index (χ1v) is 9.63. The van der Waals surface area contributed by atoms with Crippen molar-refractivity contribution in [3.8, 4) is 22.7 Å². The molecule has 2 aromatic carbocycles. The van der Waals surface area contributed by atoms with Crippen LogP contribution in [0.4, 0.5) is 0 Å². The number of carbonyl (C=O) groups excluding carboxylic acids is 1. The average Bonchev–Trinajstić information content (AvgIpc) is 3.14. The molecule has 7 nitrogen and oxygen atoms in total. The van der Waals surface area contributed by atoms with Crippen LogP contribution < -0.4 is 16.2 Å². The number of primary amides is 1. The van der Waals surface area contributed by atoms with Gasteiger partial charge in [-0.3, -0.25) is 9.59 Å². The van der Waals surface area contributed by atoms with Gasteiger partial charge in [-0.15, -0.1) is 0 Å². The molecule has 0 aliphatic heterocycles. The van der Waals surface area contributed by atoms with Crippen molar-refractivity contribution < 1.29 is 19.4 Å². The Morgan fingerprint density at radius 3 is 2.53 bits per heavy atom. The van der Waals surface area contributed by atoms with Crippen molar-refractivity contribution in [3.05, 3.63) is 70.4 Å². The molecule has 30 heavy (non-hydrogen) atoms. The van der Waals surface area contributed by atoms with Gasteiger partial charge in [0.1, 0.15) is 5.75 Å². The Labute approximate surface area is 178 Å². The van der Waals surface area contributed by atoms with Gasteiger partial charge in [0, 0.05) is 28.4 Å². The molecule has 0 aliphatic rings. The molecule has 1 heterocycles. The second-order valence-corrected chi connectivity index (χ2v) is 7.13. The minimum absolute atomic E-state index is 0.0292. The minimum atomic E-state index is -0.892. The molecule has 156 valence electrons. The Bertz CT molecular complexity index is 1110. The van der Waals surface area contributed by atoms with E-state index < -0.39 is 11.9 Å². The molecule has 5 N–H and O–H groups in total. The fourth-order valence-electron chi connectivity index (χ4n) is 3.40. The number of rotatable bonds is 8.